The smallest absolute Gasteiger partial charge is 0.390 e. The van der Waals surface area contributed by atoms with Crippen molar-refractivity contribution in [1.82, 2.24) is 4.98 Å². The lowest BCUT2D eigenvalue weighted by atomic mass is 10.4. The number of pyridine rings is 1. The minimum atomic E-state index is -5.08. The van der Waals surface area contributed by atoms with E-state index in [0.717, 1.165) is 0 Å². The van der Waals surface area contributed by atoms with Crippen molar-refractivity contribution in [2.24, 2.45) is 0 Å². The highest BCUT2D eigenvalue weighted by molar-refractivity contribution is 5.12. The number of nitrogens with one attached hydrogen (secondary N) is 1. The van der Waals surface area contributed by atoms with Crippen LogP contribution in [0.3, 0.4) is 0 Å². The minimum absolute atomic E-state index is 0.159. The van der Waals surface area contributed by atoms with Crippen molar-refractivity contribution in [1.29, 1.82) is 0 Å². The van der Waals surface area contributed by atoms with Crippen molar-refractivity contribution in [3.05, 3.63) is 28.1 Å². The maximum atomic E-state index is 12.3. The molecule has 1 rings (SSSR count). The zero-order valence-corrected chi connectivity index (χ0v) is 6.28. The Hall–Kier alpha value is -1.60. The molecule has 0 bridgehead atoms. The van der Waals surface area contributed by atoms with Gasteiger partial charge in [-0.3, -0.25) is 9.78 Å². The summed E-state index contributed by atoms with van der Waals surface area (Å²) in [6.07, 6.45) is -5.08. The van der Waals surface area contributed by atoms with Gasteiger partial charge >= 0.3 is 6.36 Å². The topological polar surface area (TPSA) is 42.1 Å². The molecular weight excluding hydrogens is 213 g/mol. The van der Waals surface area contributed by atoms with E-state index in [1.165, 1.54) is 4.98 Å². The molecule has 0 aromatic carbocycles. The quantitative estimate of drug-likeness (QED) is 0.570. The first-order valence-electron chi connectivity index (χ1n) is 3.13. The summed E-state index contributed by atoms with van der Waals surface area (Å²) in [6.45, 7) is 0. The Balaban J connectivity index is 3.08. The predicted octanol–water partition coefficient (Wildman–Crippen LogP) is 1.55. The molecule has 0 aliphatic heterocycles. The van der Waals surface area contributed by atoms with E-state index in [-0.39, 0.29) is 6.07 Å². The first-order chi connectivity index (χ1) is 6.29. The van der Waals surface area contributed by atoms with Gasteiger partial charge in [0.15, 0.2) is 0 Å². The second kappa shape index (κ2) is 3.28. The van der Waals surface area contributed by atoms with E-state index in [0.29, 0.717) is 0 Å². The Morgan fingerprint density at radius 2 is 1.86 bits per heavy atom. The molecule has 1 aromatic heterocycles. The van der Waals surface area contributed by atoms with Gasteiger partial charge in [-0.15, -0.1) is 13.2 Å². The summed E-state index contributed by atoms with van der Waals surface area (Å²) in [7, 11) is 0. The molecule has 0 unspecified atom stereocenters. The van der Waals surface area contributed by atoms with Crippen LogP contribution in [-0.2, 0) is 0 Å². The first kappa shape index (κ1) is 10.5. The van der Waals surface area contributed by atoms with Crippen molar-refractivity contribution in [3.63, 3.8) is 0 Å². The van der Waals surface area contributed by atoms with E-state index in [1.807, 2.05) is 0 Å². The summed E-state index contributed by atoms with van der Waals surface area (Å²) in [5.41, 5.74) is -1.53. The van der Waals surface area contributed by atoms with Gasteiger partial charge in [0.25, 0.3) is 0 Å². The molecule has 14 heavy (non-hydrogen) atoms. The lowest BCUT2D eigenvalue weighted by molar-refractivity contribution is -0.276. The van der Waals surface area contributed by atoms with Crippen LogP contribution in [0.15, 0.2) is 10.9 Å². The third-order valence-electron chi connectivity index (χ3n) is 1.13. The van der Waals surface area contributed by atoms with Crippen LogP contribution < -0.4 is 10.2 Å². The van der Waals surface area contributed by atoms with Crippen molar-refractivity contribution >= 4 is 0 Å². The fraction of sp³-hybridized carbons (Fsp3) is 0.167. The minimum Gasteiger partial charge on any atom is -0.390 e. The summed E-state index contributed by atoms with van der Waals surface area (Å²) in [6, 6.07) is 0.159. The van der Waals surface area contributed by atoms with Crippen LogP contribution >= 0.6 is 0 Å². The monoisotopic (exact) mass is 215 g/mol. The Morgan fingerprint density at radius 1 is 1.29 bits per heavy atom. The van der Waals surface area contributed by atoms with Crippen molar-refractivity contribution in [2.75, 3.05) is 0 Å². The summed E-state index contributed by atoms with van der Waals surface area (Å²) < 4.78 is 62.4. The summed E-state index contributed by atoms with van der Waals surface area (Å²) in [5.74, 6) is -4.81. The molecule has 0 aliphatic rings. The number of hydrogen-bond acceptors (Lipinski definition) is 2. The highest BCUT2D eigenvalue weighted by Gasteiger charge is 2.32. The Kier molecular flexibility index (Phi) is 2.45. The summed E-state index contributed by atoms with van der Waals surface area (Å²) >= 11 is 0. The Morgan fingerprint density at radius 3 is 2.29 bits per heavy atom. The highest BCUT2D eigenvalue weighted by atomic mass is 19.4. The maximum Gasteiger partial charge on any atom is 0.574 e. The van der Waals surface area contributed by atoms with Crippen LogP contribution in [0.25, 0.3) is 0 Å². The van der Waals surface area contributed by atoms with E-state index in [4.69, 9.17) is 0 Å². The van der Waals surface area contributed by atoms with E-state index in [9.17, 15) is 26.7 Å². The lowest BCUT2D eigenvalue weighted by Gasteiger charge is -2.07. The van der Waals surface area contributed by atoms with E-state index >= 15 is 0 Å². The van der Waals surface area contributed by atoms with Crippen LogP contribution in [0.5, 0.6) is 5.88 Å². The number of ether oxygens (including phenoxy) is 1. The van der Waals surface area contributed by atoms with Gasteiger partial charge in [0, 0.05) is 6.07 Å². The number of alkyl halides is 3. The summed E-state index contributed by atoms with van der Waals surface area (Å²) in [5, 5.41) is 0. The highest BCUT2D eigenvalue weighted by Crippen LogP contribution is 2.19. The van der Waals surface area contributed by atoms with Crippen LogP contribution in [-0.4, -0.2) is 11.3 Å². The van der Waals surface area contributed by atoms with Crippen molar-refractivity contribution < 1.29 is 26.7 Å². The van der Waals surface area contributed by atoms with Gasteiger partial charge in [0.05, 0.1) is 0 Å². The van der Waals surface area contributed by atoms with Gasteiger partial charge in [-0.25, -0.2) is 0 Å². The Bertz CT molecular complexity index is 396. The van der Waals surface area contributed by atoms with Crippen LogP contribution in [0.1, 0.15) is 0 Å². The van der Waals surface area contributed by atoms with Crippen molar-refractivity contribution in [2.45, 2.75) is 6.36 Å². The van der Waals surface area contributed by atoms with Gasteiger partial charge in [0.2, 0.25) is 23.1 Å². The molecule has 3 nitrogen and oxygen atoms in total. The molecule has 0 amide bonds. The standard InChI is InChI=1S/C6H2F5NO2/c7-4-2(13)1-3(12-5(4)8)14-6(9,10)11/h1H,(H,12,13). The number of aromatic nitrogens is 1. The van der Waals surface area contributed by atoms with Gasteiger partial charge in [-0.1, -0.05) is 0 Å². The fourth-order valence-electron chi connectivity index (χ4n) is 0.669. The number of halogens is 5. The average Bonchev–Trinajstić information content (AvgIpc) is 1.96. The first-order valence-corrected chi connectivity index (χ1v) is 3.13. The third-order valence-corrected chi connectivity index (χ3v) is 1.13. The molecule has 0 saturated heterocycles. The van der Waals surface area contributed by atoms with E-state index < -0.39 is 29.4 Å². The molecular formula is C6H2F5NO2. The largest absolute Gasteiger partial charge is 0.574 e. The molecule has 0 saturated carbocycles. The van der Waals surface area contributed by atoms with Gasteiger partial charge in [-0.2, -0.15) is 8.78 Å². The Labute approximate surface area is 73.1 Å². The molecule has 1 heterocycles. The second-order valence-electron chi connectivity index (χ2n) is 2.17. The molecule has 78 valence electrons. The predicted molar refractivity (Wildman–Crippen MR) is 33.7 cm³/mol. The second-order valence-corrected chi connectivity index (χ2v) is 2.17. The number of aromatic amines is 1. The molecule has 0 aliphatic carbocycles. The molecule has 0 atom stereocenters. The average molecular weight is 215 g/mol. The number of rotatable bonds is 1. The SMILES string of the molecule is O=c1cc(OC(F)(F)F)[nH]c(F)c1F. The van der Waals surface area contributed by atoms with Gasteiger partial charge in [-0.05, 0) is 0 Å². The van der Waals surface area contributed by atoms with E-state index in [1.54, 1.807) is 0 Å². The molecule has 8 heteroatoms. The van der Waals surface area contributed by atoms with Gasteiger partial charge in [0.1, 0.15) is 0 Å². The van der Waals surface area contributed by atoms with E-state index in [2.05, 4.69) is 4.74 Å². The number of H-pyrrole nitrogens is 1. The maximum absolute atomic E-state index is 12.3. The molecule has 0 radical (unpaired) electrons. The lowest BCUT2D eigenvalue weighted by Crippen LogP contribution is -2.20. The normalized spacial score (nSPS) is 11.5. The van der Waals surface area contributed by atoms with Crippen LogP contribution in [0.4, 0.5) is 22.0 Å². The fourth-order valence-corrected chi connectivity index (χ4v) is 0.669. The molecule has 0 fully saturated rings. The molecule has 1 N–H and O–H groups in total. The number of hydrogen-bond donors (Lipinski definition) is 1. The van der Waals surface area contributed by atoms with Crippen LogP contribution in [0.2, 0.25) is 0 Å². The van der Waals surface area contributed by atoms with Crippen LogP contribution in [0, 0.1) is 11.8 Å². The zero-order valence-electron chi connectivity index (χ0n) is 6.28. The zero-order chi connectivity index (χ0) is 10.9. The molecule has 0 spiro atoms. The van der Waals surface area contributed by atoms with Crippen molar-refractivity contribution in [3.8, 4) is 5.88 Å². The molecule has 1 aromatic rings. The van der Waals surface area contributed by atoms with Gasteiger partial charge < -0.3 is 4.74 Å². The summed E-state index contributed by atoms with van der Waals surface area (Å²) in [4.78, 5) is 11.8. The third kappa shape index (κ3) is 2.44.